The van der Waals surface area contributed by atoms with E-state index in [0.717, 1.165) is 31.4 Å². The zero-order valence-electron chi connectivity index (χ0n) is 10.9. The average molecular weight is 278 g/mol. The molecule has 1 aliphatic heterocycles. The van der Waals surface area contributed by atoms with E-state index in [0.29, 0.717) is 28.9 Å². The van der Waals surface area contributed by atoms with E-state index in [1.807, 2.05) is 11.8 Å². The van der Waals surface area contributed by atoms with Crippen molar-refractivity contribution in [2.45, 2.75) is 31.8 Å². The molecule has 1 atom stereocenters. The van der Waals surface area contributed by atoms with Gasteiger partial charge in [-0.2, -0.15) is 5.26 Å². The summed E-state index contributed by atoms with van der Waals surface area (Å²) in [7, 11) is 0. The topological polar surface area (TPSA) is 60.1 Å². The molecule has 0 radical (unpaired) electrons. The lowest BCUT2D eigenvalue weighted by Crippen LogP contribution is -2.35. The number of β-amino-alcohol motifs (C(OH)–C–C–N with tert-alkyl or cyclic N) is 1. The van der Waals surface area contributed by atoms with Crippen LogP contribution < -0.4 is 4.90 Å². The van der Waals surface area contributed by atoms with Crippen LogP contribution in [-0.2, 0) is 0 Å². The first-order chi connectivity index (χ1) is 9.05. The number of nitrogens with zero attached hydrogens (tertiary/aromatic N) is 3. The van der Waals surface area contributed by atoms with E-state index in [9.17, 15) is 10.4 Å². The van der Waals surface area contributed by atoms with Gasteiger partial charge in [-0.15, -0.1) is 0 Å². The highest BCUT2D eigenvalue weighted by Gasteiger charge is 2.48. The lowest BCUT2D eigenvalue weighted by Gasteiger charge is -2.24. The van der Waals surface area contributed by atoms with Crippen molar-refractivity contribution in [1.82, 2.24) is 4.98 Å². The lowest BCUT2D eigenvalue weighted by atomic mass is 9.97. The predicted octanol–water partition coefficient (Wildman–Crippen LogP) is 2.27. The van der Waals surface area contributed by atoms with Crippen molar-refractivity contribution in [3.63, 3.8) is 0 Å². The Hall–Kier alpha value is -1.31. The molecule has 0 bridgehead atoms. The summed E-state index contributed by atoms with van der Waals surface area (Å²) in [5, 5.41) is 20.4. The van der Waals surface area contributed by atoms with Crippen LogP contribution in [0.4, 0.5) is 5.82 Å². The van der Waals surface area contributed by atoms with Crippen molar-refractivity contribution >= 4 is 17.4 Å². The van der Waals surface area contributed by atoms with Gasteiger partial charge in [0.1, 0.15) is 11.9 Å². The number of rotatable bonds is 2. The molecule has 1 saturated carbocycles. The van der Waals surface area contributed by atoms with Crippen molar-refractivity contribution in [3.8, 4) is 6.07 Å². The van der Waals surface area contributed by atoms with Crippen LogP contribution in [0.2, 0.25) is 5.02 Å². The van der Waals surface area contributed by atoms with Crippen LogP contribution in [0.5, 0.6) is 0 Å². The zero-order chi connectivity index (χ0) is 13.6. The third-order valence-electron chi connectivity index (χ3n) is 4.28. The minimum atomic E-state index is -0.595. The molecule has 2 aliphatic rings. The van der Waals surface area contributed by atoms with Crippen LogP contribution in [0.25, 0.3) is 0 Å². The summed E-state index contributed by atoms with van der Waals surface area (Å²) in [6.45, 7) is 3.14. The van der Waals surface area contributed by atoms with E-state index in [-0.39, 0.29) is 0 Å². The molecule has 2 fully saturated rings. The number of hydrogen-bond acceptors (Lipinski definition) is 4. The predicted molar refractivity (Wildman–Crippen MR) is 73.2 cm³/mol. The maximum absolute atomic E-state index is 10.6. The Balaban J connectivity index is 1.92. The number of hydrogen-bond donors (Lipinski definition) is 1. The molecule has 1 aliphatic carbocycles. The average Bonchev–Trinajstić information content (AvgIpc) is 3.18. The van der Waals surface area contributed by atoms with E-state index < -0.39 is 5.60 Å². The zero-order valence-corrected chi connectivity index (χ0v) is 11.6. The first-order valence-electron chi connectivity index (χ1n) is 6.58. The molecule has 2 heterocycles. The van der Waals surface area contributed by atoms with E-state index >= 15 is 0 Å². The number of anilines is 1. The van der Waals surface area contributed by atoms with Gasteiger partial charge in [0, 0.05) is 19.3 Å². The highest BCUT2D eigenvalue weighted by Crippen LogP contribution is 2.45. The Morgan fingerprint density at radius 2 is 2.32 bits per heavy atom. The minimum absolute atomic E-state index is 0.427. The molecular formula is C14H16ClN3O. The first-order valence-corrected chi connectivity index (χ1v) is 6.95. The molecule has 0 amide bonds. The summed E-state index contributed by atoms with van der Waals surface area (Å²) < 4.78 is 0. The fourth-order valence-electron chi connectivity index (χ4n) is 2.89. The Labute approximate surface area is 117 Å². The molecule has 5 heteroatoms. The van der Waals surface area contributed by atoms with Gasteiger partial charge in [-0.1, -0.05) is 11.6 Å². The fourth-order valence-corrected chi connectivity index (χ4v) is 3.04. The van der Waals surface area contributed by atoms with Gasteiger partial charge in [-0.3, -0.25) is 0 Å². The Kier molecular flexibility index (Phi) is 2.92. The van der Waals surface area contributed by atoms with Gasteiger partial charge in [-0.05, 0) is 37.7 Å². The van der Waals surface area contributed by atoms with Crippen LogP contribution in [0, 0.1) is 24.2 Å². The number of nitriles is 1. The van der Waals surface area contributed by atoms with Crippen LogP contribution in [0.3, 0.4) is 0 Å². The van der Waals surface area contributed by atoms with Gasteiger partial charge >= 0.3 is 0 Å². The summed E-state index contributed by atoms with van der Waals surface area (Å²) >= 11 is 6.01. The highest BCUT2D eigenvalue weighted by molar-refractivity contribution is 6.31. The molecule has 4 nitrogen and oxygen atoms in total. The Bertz CT molecular complexity index is 565. The molecule has 1 aromatic heterocycles. The SMILES string of the molecule is Cc1c(Cl)cnc(N2CCC(O)(C3CC3)C2)c1C#N. The van der Waals surface area contributed by atoms with Gasteiger partial charge in [0.25, 0.3) is 0 Å². The summed E-state index contributed by atoms with van der Waals surface area (Å²) in [4.78, 5) is 6.31. The minimum Gasteiger partial charge on any atom is -0.388 e. The fraction of sp³-hybridized carbons (Fsp3) is 0.571. The van der Waals surface area contributed by atoms with E-state index in [1.54, 1.807) is 6.20 Å². The molecule has 1 N–H and O–H groups in total. The molecule has 19 heavy (non-hydrogen) atoms. The second-order valence-corrected chi connectivity index (χ2v) is 6.00. The van der Waals surface area contributed by atoms with E-state index in [2.05, 4.69) is 11.1 Å². The Morgan fingerprint density at radius 1 is 1.58 bits per heavy atom. The van der Waals surface area contributed by atoms with Crippen LogP contribution in [0.15, 0.2) is 6.20 Å². The van der Waals surface area contributed by atoms with Crippen LogP contribution in [0.1, 0.15) is 30.4 Å². The largest absolute Gasteiger partial charge is 0.388 e. The van der Waals surface area contributed by atoms with Crippen molar-refractivity contribution in [3.05, 3.63) is 22.3 Å². The number of aliphatic hydroxyl groups is 1. The molecule has 1 unspecified atom stereocenters. The number of halogens is 1. The summed E-state index contributed by atoms with van der Waals surface area (Å²) in [5.74, 6) is 1.08. The normalized spacial score (nSPS) is 26.5. The highest BCUT2D eigenvalue weighted by atomic mass is 35.5. The summed E-state index contributed by atoms with van der Waals surface area (Å²) in [6.07, 6.45) is 4.57. The van der Waals surface area contributed by atoms with Crippen molar-refractivity contribution in [1.29, 1.82) is 5.26 Å². The van der Waals surface area contributed by atoms with Crippen molar-refractivity contribution < 1.29 is 5.11 Å². The van der Waals surface area contributed by atoms with Gasteiger partial charge in [-0.25, -0.2) is 4.98 Å². The quantitative estimate of drug-likeness (QED) is 0.901. The van der Waals surface area contributed by atoms with Gasteiger partial charge < -0.3 is 10.0 Å². The smallest absolute Gasteiger partial charge is 0.146 e. The number of pyridine rings is 1. The van der Waals surface area contributed by atoms with Gasteiger partial charge in [0.15, 0.2) is 0 Å². The number of aromatic nitrogens is 1. The van der Waals surface area contributed by atoms with Gasteiger partial charge in [0.05, 0.1) is 16.2 Å². The molecular weight excluding hydrogens is 262 g/mol. The van der Waals surface area contributed by atoms with Crippen molar-refractivity contribution in [2.75, 3.05) is 18.0 Å². The molecule has 3 rings (SSSR count). The molecule has 1 aromatic rings. The van der Waals surface area contributed by atoms with Crippen LogP contribution >= 0.6 is 11.6 Å². The van der Waals surface area contributed by atoms with E-state index in [4.69, 9.17) is 11.6 Å². The maximum atomic E-state index is 10.6. The second kappa shape index (κ2) is 4.36. The monoisotopic (exact) mass is 277 g/mol. The van der Waals surface area contributed by atoms with Gasteiger partial charge in [0.2, 0.25) is 0 Å². The third kappa shape index (κ3) is 2.07. The maximum Gasteiger partial charge on any atom is 0.146 e. The Morgan fingerprint density at radius 3 is 2.95 bits per heavy atom. The molecule has 0 aromatic carbocycles. The molecule has 0 spiro atoms. The summed E-state index contributed by atoms with van der Waals surface area (Å²) in [5.41, 5.74) is 0.686. The molecule has 1 saturated heterocycles. The lowest BCUT2D eigenvalue weighted by molar-refractivity contribution is 0.0400. The van der Waals surface area contributed by atoms with Crippen molar-refractivity contribution in [2.24, 2.45) is 5.92 Å². The van der Waals surface area contributed by atoms with E-state index in [1.165, 1.54) is 0 Å². The second-order valence-electron chi connectivity index (χ2n) is 5.59. The summed E-state index contributed by atoms with van der Waals surface area (Å²) in [6, 6.07) is 2.18. The first kappa shape index (κ1) is 12.7. The molecule has 100 valence electrons. The standard InChI is InChI=1S/C14H16ClN3O/c1-9-11(6-16)13(17-7-12(9)15)18-5-4-14(19,8-18)10-2-3-10/h7,10,19H,2-5,8H2,1H3. The third-order valence-corrected chi connectivity index (χ3v) is 4.67. The van der Waals surface area contributed by atoms with Crippen LogP contribution in [-0.4, -0.2) is 28.8 Å².